The first-order valence-corrected chi connectivity index (χ1v) is 7.85. The summed E-state index contributed by atoms with van der Waals surface area (Å²) in [5, 5.41) is 1.91. The molecule has 0 aromatic carbocycles. The van der Waals surface area contributed by atoms with Gasteiger partial charge in [-0.25, -0.2) is 4.98 Å². The fraction of sp³-hybridized carbons (Fsp3) is 0.571. The lowest BCUT2D eigenvalue weighted by Gasteiger charge is -2.34. The predicted octanol–water partition coefficient (Wildman–Crippen LogP) is 2.52. The van der Waals surface area contributed by atoms with Crippen LogP contribution in [0, 0.1) is 0 Å². The Hall–Kier alpha value is -1.20. The molecule has 0 bridgehead atoms. The van der Waals surface area contributed by atoms with Gasteiger partial charge in [0.25, 0.3) is 5.56 Å². The number of aromatic nitrogens is 2. The Bertz CT molecular complexity index is 618. The zero-order valence-corrected chi connectivity index (χ0v) is 12.0. The Morgan fingerprint density at radius 3 is 3.21 bits per heavy atom. The normalized spacial score (nSPS) is 21.0. The van der Waals surface area contributed by atoms with Crippen molar-refractivity contribution in [1.29, 1.82) is 0 Å². The second kappa shape index (κ2) is 5.43. The second-order valence-electron chi connectivity index (χ2n) is 5.17. The van der Waals surface area contributed by atoms with Crippen molar-refractivity contribution in [3.8, 4) is 0 Å². The van der Waals surface area contributed by atoms with Crippen LogP contribution in [0.4, 0.5) is 0 Å². The van der Waals surface area contributed by atoms with Crippen molar-refractivity contribution in [2.75, 3.05) is 6.54 Å². The second-order valence-corrected chi connectivity index (χ2v) is 6.04. The smallest absolute Gasteiger partial charge is 0.258 e. The van der Waals surface area contributed by atoms with Gasteiger partial charge in [-0.1, -0.05) is 13.3 Å². The first-order valence-electron chi connectivity index (χ1n) is 6.98. The SMILES string of the molecule is CC[C@@H]1CCCCN1Cc1cc(=O)n2ccsc2n1. The summed E-state index contributed by atoms with van der Waals surface area (Å²) in [6.07, 6.45) is 6.83. The standard InChI is InChI=1S/C14H19N3OS/c1-2-12-5-3-4-6-16(12)10-11-9-13(18)17-7-8-19-14(17)15-11/h7-9,12H,2-6,10H2,1H3/t12-/m1/s1. The van der Waals surface area contributed by atoms with Gasteiger partial charge in [0.15, 0.2) is 4.96 Å². The molecular formula is C14H19N3OS. The van der Waals surface area contributed by atoms with Crippen LogP contribution in [0.5, 0.6) is 0 Å². The summed E-state index contributed by atoms with van der Waals surface area (Å²) in [5.41, 5.74) is 0.944. The average molecular weight is 277 g/mol. The molecule has 0 spiro atoms. The summed E-state index contributed by atoms with van der Waals surface area (Å²) in [5.74, 6) is 0. The van der Waals surface area contributed by atoms with Crippen molar-refractivity contribution in [1.82, 2.24) is 14.3 Å². The van der Waals surface area contributed by atoms with Crippen molar-refractivity contribution in [3.05, 3.63) is 33.7 Å². The predicted molar refractivity (Wildman–Crippen MR) is 77.7 cm³/mol. The summed E-state index contributed by atoms with van der Waals surface area (Å²) in [7, 11) is 0. The number of fused-ring (bicyclic) bond motifs is 1. The number of rotatable bonds is 3. The van der Waals surface area contributed by atoms with E-state index in [2.05, 4.69) is 16.8 Å². The minimum atomic E-state index is 0.0336. The monoisotopic (exact) mass is 277 g/mol. The summed E-state index contributed by atoms with van der Waals surface area (Å²) in [6.45, 7) is 4.18. The Morgan fingerprint density at radius 2 is 2.37 bits per heavy atom. The van der Waals surface area contributed by atoms with Crippen molar-refractivity contribution >= 4 is 16.3 Å². The molecule has 4 nitrogen and oxygen atoms in total. The van der Waals surface area contributed by atoms with Crippen LogP contribution >= 0.6 is 11.3 Å². The summed E-state index contributed by atoms with van der Waals surface area (Å²) in [6, 6.07) is 2.33. The van der Waals surface area contributed by atoms with E-state index in [1.165, 1.54) is 37.0 Å². The number of hydrogen-bond donors (Lipinski definition) is 0. The van der Waals surface area contributed by atoms with Gasteiger partial charge >= 0.3 is 0 Å². The third kappa shape index (κ3) is 2.58. The maximum atomic E-state index is 12.0. The summed E-state index contributed by atoms with van der Waals surface area (Å²) in [4.78, 5) is 19.8. The molecule has 2 aromatic rings. The molecule has 19 heavy (non-hydrogen) atoms. The summed E-state index contributed by atoms with van der Waals surface area (Å²) >= 11 is 1.52. The molecule has 0 unspecified atom stereocenters. The van der Waals surface area contributed by atoms with Gasteiger partial charge in [-0.15, -0.1) is 11.3 Å². The van der Waals surface area contributed by atoms with E-state index in [9.17, 15) is 4.79 Å². The molecule has 5 heteroatoms. The maximum absolute atomic E-state index is 12.0. The Morgan fingerprint density at radius 1 is 1.47 bits per heavy atom. The van der Waals surface area contributed by atoms with E-state index in [4.69, 9.17) is 0 Å². The van der Waals surface area contributed by atoms with Crippen LogP contribution in [0.25, 0.3) is 4.96 Å². The largest absolute Gasteiger partial charge is 0.295 e. The van der Waals surface area contributed by atoms with E-state index >= 15 is 0 Å². The molecule has 0 radical (unpaired) electrons. The Balaban J connectivity index is 1.85. The van der Waals surface area contributed by atoms with Gasteiger partial charge in [0.05, 0.1) is 5.69 Å². The first-order chi connectivity index (χ1) is 9.28. The van der Waals surface area contributed by atoms with Crippen LogP contribution in [-0.4, -0.2) is 26.9 Å². The number of likely N-dealkylation sites (tertiary alicyclic amines) is 1. The topological polar surface area (TPSA) is 37.6 Å². The highest BCUT2D eigenvalue weighted by molar-refractivity contribution is 7.15. The van der Waals surface area contributed by atoms with Gasteiger partial charge in [0, 0.05) is 30.2 Å². The fourth-order valence-corrected chi connectivity index (χ4v) is 3.65. The molecule has 1 fully saturated rings. The van der Waals surface area contributed by atoms with Gasteiger partial charge in [-0.2, -0.15) is 0 Å². The van der Waals surface area contributed by atoms with E-state index in [1.807, 2.05) is 5.38 Å². The highest BCUT2D eigenvalue weighted by Gasteiger charge is 2.21. The number of nitrogens with zero attached hydrogens (tertiary/aromatic N) is 3. The molecular weight excluding hydrogens is 258 g/mol. The van der Waals surface area contributed by atoms with Crippen molar-refractivity contribution in [3.63, 3.8) is 0 Å². The highest BCUT2D eigenvalue weighted by atomic mass is 32.1. The lowest BCUT2D eigenvalue weighted by atomic mass is 10.00. The minimum absolute atomic E-state index is 0.0336. The van der Waals surface area contributed by atoms with E-state index in [0.717, 1.165) is 23.7 Å². The van der Waals surface area contributed by atoms with Crippen LogP contribution in [0.2, 0.25) is 0 Å². The van der Waals surface area contributed by atoms with E-state index in [-0.39, 0.29) is 5.56 Å². The van der Waals surface area contributed by atoms with Crippen molar-refractivity contribution < 1.29 is 0 Å². The van der Waals surface area contributed by atoms with E-state index in [1.54, 1.807) is 16.7 Å². The molecule has 102 valence electrons. The lowest BCUT2D eigenvalue weighted by molar-refractivity contribution is 0.134. The Labute approximate surface area is 116 Å². The van der Waals surface area contributed by atoms with Crippen LogP contribution in [0.1, 0.15) is 38.3 Å². The van der Waals surface area contributed by atoms with Gasteiger partial charge in [-0.3, -0.25) is 14.1 Å². The molecule has 0 amide bonds. The van der Waals surface area contributed by atoms with Crippen LogP contribution < -0.4 is 5.56 Å². The molecule has 1 aliphatic rings. The third-order valence-electron chi connectivity index (χ3n) is 3.94. The molecule has 3 heterocycles. The zero-order chi connectivity index (χ0) is 13.2. The van der Waals surface area contributed by atoms with Gasteiger partial charge in [0.2, 0.25) is 0 Å². The third-order valence-corrected chi connectivity index (χ3v) is 4.70. The first kappa shape index (κ1) is 12.8. The number of thiazole rings is 1. The van der Waals surface area contributed by atoms with E-state index in [0.29, 0.717) is 6.04 Å². The molecule has 1 atom stereocenters. The van der Waals surface area contributed by atoms with Gasteiger partial charge < -0.3 is 0 Å². The van der Waals surface area contributed by atoms with Gasteiger partial charge in [0.1, 0.15) is 0 Å². The molecule has 3 rings (SSSR count). The molecule has 0 saturated carbocycles. The van der Waals surface area contributed by atoms with Gasteiger partial charge in [-0.05, 0) is 25.8 Å². The van der Waals surface area contributed by atoms with Crippen molar-refractivity contribution in [2.24, 2.45) is 0 Å². The highest BCUT2D eigenvalue weighted by Crippen LogP contribution is 2.21. The number of hydrogen-bond acceptors (Lipinski definition) is 4. The quantitative estimate of drug-likeness (QED) is 0.865. The number of piperidine rings is 1. The molecule has 0 aliphatic carbocycles. The molecule has 1 aliphatic heterocycles. The molecule has 1 saturated heterocycles. The van der Waals surface area contributed by atoms with Crippen LogP contribution in [0.3, 0.4) is 0 Å². The van der Waals surface area contributed by atoms with Crippen LogP contribution in [-0.2, 0) is 6.54 Å². The van der Waals surface area contributed by atoms with Crippen LogP contribution in [0.15, 0.2) is 22.4 Å². The fourth-order valence-electron chi connectivity index (χ4n) is 2.91. The average Bonchev–Trinajstić information content (AvgIpc) is 2.88. The lowest BCUT2D eigenvalue weighted by Crippen LogP contribution is -2.38. The molecule has 0 N–H and O–H groups in total. The maximum Gasteiger partial charge on any atom is 0.258 e. The summed E-state index contributed by atoms with van der Waals surface area (Å²) < 4.78 is 1.61. The minimum Gasteiger partial charge on any atom is -0.295 e. The van der Waals surface area contributed by atoms with E-state index < -0.39 is 0 Å². The zero-order valence-electron chi connectivity index (χ0n) is 11.2. The Kier molecular flexibility index (Phi) is 3.66. The molecule has 2 aromatic heterocycles. The van der Waals surface area contributed by atoms with Crippen molar-refractivity contribution in [2.45, 2.75) is 45.2 Å².